The number of benzene rings is 2. The Labute approximate surface area is 128 Å². The molecule has 0 amide bonds. The maximum atomic E-state index is 5.72. The molecule has 4 N–H and O–H groups in total. The summed E-state index contributed by atoms with van der Waals surface area (Å²) in [7, 11) is 0. The quantitative estimate of drug-likeness (QED) is 0.484. The molecule has 0 saturated heterocycles. The molecule has 0 spiro atoms. The van der Waals surface area contributed by atoms with Gasteiger partial charge in [-0.05, 0) is 35.0 Å². The molecule has 0 unspecified atom stereocenters. The number of nitrogen functional groups attached to an aromatic ring is 2. The molecular weight excluding hydrogens is 272 g/mol. The lowest BCUT2D eigenvalue weighted by Crippen LogP contribution is -1.86. The van der Waals surface area contributed by atoms with Crippen LogP contribution in [-0.4, -0.2) is 9.97 Å². The van der Waals surface area contributed by atoms with Gasteiger partial charge in [-0.2, -0.15) is 0 Å². The van der Waals surface area contributed by atoms with Crippen LogP contribution < -0.4 is 11.5 Å². The fraction of sp³-hybridized carbons (Fsp3) is 0. The zero-order valence-corrected chi connectivity index (χ0v) is 12.0. The number of hydrogen-bond acceptors (Lipinski definition) is 4. The predicted octanol–water partition coefficient (Wildman–Crippen LogP) is 3.63. The molecule has 0 atom stereocenters. The Morgan fingerprint density at radius 1 is 0.591 bits per heavy atom. The topological polar surface area (TPSA) is 77.8 Å². The lowest BCUT2D eigenvalue weighted by molar-refractivity contribution is 1.36. The molecule has 0 aliphatic carbocycles. The minimum Gasteiger partial charge on any atom is -0.398 e. The Kier molecular flexibility index (Phi) is 3.83. The number of nitrogens with two attached hydrogens (primary N) is 2. The largest absolute Gasteiger partial charge is 0.398 e. The fourth-order valence-corrected chi connectivity index (χ4v) is 2.27. The van der Waals surface area contributed by atoms with Crippen molar-refractivity contribution in [1.29, 1.82) is 0 Å². The van der Waals surface area contributed by atoms with Gasteiger partial charge in [0.05, 0.1) is 0 Å². The van der Waals surface area contributed by atoms with Gasteiger partial charge >= 0.3 is 0 Å². The van der Waals surface area contributed by atoms with E-state index in [0.717, 1.165) is 32.9 Å². The van der Waals surface area contributed by atoms with Crippen molar-refractivity contribution in [3.63, 3.8) is 0 Å². The van der Waals surface area contributed by atoms with Crippen LogP contribution in [0.5, 0.6) is 0 Å². The second-order valence-electron chi connectivity index (χ2n) is 4.89. The first-order valence-corrected chi connectivity index (χ1v) is 6.92. The van der Waals surface area contributed by atoms with Gasteiger partial charge in [0.25, 0.3) is 0 Å². The van der Waals surface area contributed by atoms with Gasteiger partial charge < -0.3 is 11.5 Å². The standard InChI is InChI=1S/2C9H8N2/c2*10-9-3-1-2-7-4-5-11-6-8(7)9/h2*1-6H,10H2. The third-order valence-electron chi connectivity index (χ3n) is 3.43. The molecule has 4 aromatic rings. The minimum atomic E-state index is 0.788. The second-order valence-corrected chi connectivity index (χ2v) is 4.89. The highest BCUT2D eigenvalue weighted by Crippen LogP contribution is 2.18. The highest BCUT2D eigenvalue weighted by molar-refractivity contribution is 5.92. The number of anilines is 2. The monoisotopic (exact) mass is 288 g/mol. The number of fused-ring (bicyclic) bond motifs is 2. The summed E-state index contributed by atoms with van der Waals surface area (Å²) in [4.78, 5) is 7.99. The third-order valence-corrected chi connectivity index (χ3v) is 3.43. The van der Waals surface area contributed by atoms with Gasteiger partial charge in [0, 0.05) is 46.9 Å². The number of hydrogen-bond donors (Lipinski definition) is 2. The number of aromatic nitrogens is 2. The van der Waals surface area contributed by atoms with Crippen LogP contribution in [0.3, 0.4) is 0 Å². The highest BCUT2D eigenvalue weighted by atomic mass is 14.6. The Hall–Kier alpha value is -3.14. The van der Waals surface area contributed by atoms with E-state index in [9.17, 15) is 0 Å². The Balaban J connectivity index is 0.000000131. The van der Waals surface area contributed by atoms with E-state index in [4.69, 9.17) is 11.5 Å². The van der Waals surface area contributed by atoms with Crippen molar-refractivity contribution in [1.82, 2.24) is 9.97 Å². The smallest absolute Gasteiger partial charge is 0.0409 e. The molecule has 2 aromatic carbocycles. The zero-order chi connectivity index (χ0) is 15.4. The van der Waals surface area contributed by atoms with E-state index in [2.05, 4.69) is 9.97 Å². The van der Waals surface area contributed by atoms with Gasteiger partial charge in [-0.15, -0.1) is 0 Å². The van der Waals surface area contributed by atoms with Crippen LogP contribution in [0.15, 0.2) is 73.3 Å². The molecule has 4 rings (SSSR count). The molecule has 4 nitrogen and oxygen atoms in total. The highest BCUT2D eigenvalue weighted by Gasteiger charge is 1.94. The Morgan fingerprint density at radius 2 is 1.05 bits per heavy atom. The molecule has 0 aliphatic heterocycles. The molecule has 0 saturated carbocycles. The van der Waals surface area contributed by atoms with Crippen molar-refractivity contribution in [2.45, 2.75) is 0 Å². The summed E-state index contributed by atoms with van der Waals surface area (Å²) in [6.07, 6.45) is 7.10. The average molecular weight is 288 g/mol. The first-order chi connectivity index (χ1) is 10.8. The van der Waals surface area contributed by atoms with Crippen LogP contribution in [-0.2, 0) is 0 Å². The summed E-state index contributed by atoms with van der Waals surface area (Å²) in [6.45, 7) is 0. The van der Waals surface area contributed by atoms with E-state index in [1.54, 1.807) is 24.8 Å². The number of rotatable bonds is 0. The zero-order valence-electron chi connectivity index (χ0n) is 12.0. The first-order valence-electron chi connectivity index (χ1n) is 6.92. The van der Waals surface area contributed by atoms with Crippen molar-refractivity contribution < 1.29 is 0 Å². The van der Waals surface area contributed by atoms with Crippen molar-refractivity contribution in [3.05, 3.63) is 73.3 Å². The second kappa shape index (κ2) is 6.10. The summed E-state index contributed by atoms with van der Waals surface area (Å²) in [5.41, 5.74) is 13.0. The lowest BCUT2D eigenvalue weighted by Gasteiger charge is -1.98. The minimum absolute atomic E-state index is 0.788. The third kappa shape index (κ3) is 2.81. The van der Waals surface area contributed by atoms with E-state index in [-0.39, 0.29) is 0 Å². The van der Waals surface area contributed by atoms with Crippen LogP contribution in [0.25, 0.3) is 21.5 Å². The van der Waals surface area contributed by atoms with E-state index < -0.39 is 0 Å². The Bertz CT molecular complexity index is 831. The number of pyridine rings is 2. The lowest BCUT2D eigenvalue weighted by atomic mass is 10.1. The summed E-state index contributed by atoms with van der Waals surface area (Å²) in [6, 6.07) is 15.6. The van der Waals surface area contributed by atoms with Gasteiger partial charge in [0.15, 0.2) is 0 Å². The van der Waals surface area contributed by atoms with Crippen molar-refractivity contribution in [3.8, 4) is 0 Å². The van der Waals surface area contributed by atoms with Crippen LogP contribution in [0.1, 0.15) is 0 Å². The summed E-state index contributed by atoms with van der Waals surface area (Å²) in [5, 5.41) is 4.32. The number of nitrogens with zero attached hydrogens (tertiary/aromatic N) is 2. The molecule has 2 heterocycles. The van der Waals surface area contributed by atoms with Gasteiger partial charge in [0.1, 0.15) is 0 Å². The van der Waals surface area contributed by atoms with Crippen LogP contribution in [0.4, 0.5) is 11.4 Å². The van der Waals surface area contributed by atoms with Crippen molar-refractivity contribution in [2.24, 2.45) is 0 Å². The van der Waals surface area contributed by atoms with E-state index in [1.807, 2.05) is 48.5 Å². The van der Waals surface area contributed by atoms with Crippen LogP contribution >= 0.6 is 0 Å². The van der Waals surface area contributed by atoms with Gasteiger partial charge in [-0.25, -0.2) is 0 Å². The molecule has 0 aliphatic rings. The fourth-order valence-electron chi connectivity index (χ4n) is 2.27. The van der Waals surface area contributed by atoms with Gasteiger partial charge in [-0.1, -0.05) is 24.3 Å². The molecule has 0 bridgehead atoms. The molecule has 22 heavy (non-hydrogen) atoms. The van der Waals surface area contributed by atoms with Gasteiger partial charge in [-0.3, -0.25) is 9.97 Å². The molecule has 2 aromatic heterocycles. The van der Waals surface area contributed by atoms with Crippen LogP contribution in [0, 0.1) is 0 Å². The first kappa shape index (κ1) is 13.8. The maximum absolute atomic E-state index is 5.72. The Morgan fingerprint density at radius 3 is 1.45 bits per heavy atom. The summed E-state index contributed by atoms with van der Waals surface area (Å²) in [5.74, 6) is 0. The van der Waals surface area contributed by atoms with E-state index in [0.29, 0.717) is 0 Å². The van der Waals surface area contributed by atoms with Crippen molar-refractivity contribution in [2.75, 3.05) is 11.5 Å². The van der Waals surface area contributed by atoms with Gasteiger partial charge in [0.2, 0.25) is 0 Å². The summed E-state index contributed by atoms with van der Waals surface area (Å²) >= 11 is 0. The van der Waals surface area contributed by atoms with E-state index in [1.165, 1.54) is 0 Å². The normalized spacial score (nSPS) is 10.2. The molecular formula is C18H16N4. The average Bonchev–Trinajstić information content (AvgIpc) is 2.57. The molecule has 4 heteroatoms. The van der Waals surface area contributed by atoms with Crippen LogP contribution in [0.2, 0.25) is 0 Å². The van der Waals surface area contributed by atoms with Crippen molar-refractivity contribution >= 4 is 32.9 Å². The summed E-state index contributed by atoms with van der Waals surface area (Å²) < 4.78 is 0. The molecule has 0 fully saturated rings. The van der Waals surface area contributed by atoms with E-state index >= 15 is 0 Å². The SMILES string of the molecule is Nc1cccc2ccncc12.Nc1cccc2ccncc12. The molecule has 108 valence electrons. The predicted molar refractivity (Wildman–Crippen MR) is 92.3 cm³/mol. The maximum Gasteiger partial charge on any atom is 0.0409 e. The molecule has 0 radical (unpaired) electrons.